The summed E-state index contributed by atoms with van der Waals surface area (Å²) in [6, 6.07) is 10.5. The smallest absolute Gasteiger partial charge is 0.264 e. The summed E-state index contributed by atoms with van der Waals surface area (Å²) < 4.78 is 0. The van der Waals surface area contributed by atoms with Crippen LogP contribution in [-0.4, -0.2) is 16.2 Å². The van der Waals surface area contributed by atoms with Crippen LogP contribution in [0.1, 0.15) is 39.0 Å². The zero-order chi connectivity index (χ0) is 14.7. The highest BCUT2D eigenvalue weighted by molar-refractivity contribution is 5.62. The molecule has 3 rings (SSSR count). The highest BCUT2D eigenvalue weighted by Crippen LogP contribution is 2.29. The molecular weight excluding hydrogens is 262 g/mol. The van der Waals surface area contributed by atoms with Gasteiger partial charge in [-0.15, -0.1) is 0 Å². The van der Waals surface area contributed by atoms with Crippen LogP contribution in [0.5, 0.6) is 0 Å². The molecule has 1 heterocycles. The highest BCUT2D eigenvalue weighted by atomic mass is 16.1. The van der Waals surface area contributed by atoms with Crippen LogP contribution in [-0.2, 0) is 0 Å². The molecule has 0 amide bonds. The van der Waals surface area contributed by atoms with E-state index in [1.54, 1.807) is 6.07 Å². The fourth-order valence-electron chi connectivity index (χ4n) is 3.26. The summed E-state index contributed by atoms with van der Waals surface area (Å²) in [4.78, 5) is 11.2. The van der Waals surface area contributed by atoms with Gasteiger partial charge in [-0.05, 0) is 36.5 Å². The standard InChI is InChI=1S/C17H23N3O/c1-2-12-4-3-5-15(10-12)18-14-8-6-13(7-9-14)16-11-17(21)20-19-16/h6-9,11-12,15,18H,2-5,10H2,1H3,(H2,19,20,21). The summed E-state index contributed by atoms with van der Waals surface area (Å²) in [6.07, 6.45) is 6.55. The number of anilines is 1. The molecule has 1 aromatic carbocycles. The quantitative estimate of drug-likeness (QED) is 0.801. The second-order valence-corrected chi connectivity index (χ2v) is 6.03. The van der Waals surface area contributed by atoms with Crippen molar-refractivity contribution in [2.45, 2.75) is 45.1 Å². The van der Waals surface area contributed by atoms with E-state index in [-0.39, 0.29) is 5.56 Å². The van der Waals surface area contributed by atoms with Gasteiger partial charge in [-0.25, -0.2) is 0 Å². The first-order chi connectivity index (χ1) is 10.2. The van der Waals surface area contributed by atoms with Gasteiger partial charge in [0.2, 0.25) is 0 Å². The molecule has 1 fully saturated rings. The van der Waals surface area contributed by atoms with Crippen molar-refractivity contribution in [3.8, 4) is 11.3 Å². The van der Waals surface area contributed by atoms with Crippen LogP contribution in [0.15, 0.2) is 35.1 Å². The van der Waals surface area contributed by atoms with Crippen molar-refractivity contribution in [2.24, 2.45) is 5.92 Å². The maximum atomic E-state index is 11.2. The molecule has 4 heteroatoms. The molecule has 0 saturated heterocycles. The maximum absolute atomic E-state index is 11.2. The lowest BCUT2D eigenvalue weighted by Crippen LogP contribution is -2.26. The molecule has 1 aliphatic carbocycles. The van der Waals surface area contributed by atoms with Crippen molar-refractivity contribution in [3.63, 3.8) is 0 Å². The third kappa shape index (κ3) is 3.38. The Morgan fingerprint density at radius 3 is 2.67 bits per heavy atom. The first-order valence-corrected chi connectivity index (χ1v) is 7.89. The van der Waals surface area contributed by atoms with Crippen molar-refractivity contribution in [3.05, 3.63) is 40.7 Å². The van der Waals surface area contributed by atoms with Crippen molar-refractivity contribution in [2.75, 3.05) is 5.32 Å². The van der Waals surface area contributed by atoms with Gasteiger partial charge in [-0.2, -0.15) is 0 Å². The minimum Gasteiger partial charge on any atom is -0.382 e. The van der Waals surface area contributed by atoms with E-state index in [1.165, 1.54) is 37.8 Å². The Balaban J connectivity index is 1.65. The van der Waals surface area contributed by atoms with E-state index in [0.29, 0.717) is 6.04 Å². The number of rotatable bonds is 4. The van der Waals surface area contributed by atoms with Crippen molar-refractivity contribution in [1.29, 1.82) is 0 Å². The zero-order valence-corrected chi connectivity index (χ0v) is 12.5. The van der Waals surface area contributed by atoms with E-state index in [0.717, 1.165) is 17.2 Å². The fraction of sp³-hybridized carbons (Fsp3) is 0.471. The lowest BCUT2D eigenvalue weighted by atomic mass is 9.84. The molecule has 2 aromatic rings. The van der Waals surface area contributed by atoms with E-state index in [9.17, 15) is 4.79 Å². The molecule has 1 saturated carbocycles. The van der Waals surface area contributed by atoms with E-state index in [2.05, 4.69) is 34.6 Å². The Bertz CT molecular complexity index is 626. The van der Waals surface area contributed by atoms with E-state index < -0.39 is 0 Å². The third-order valence-corrected chi connectivity index (χ3v) is 4.52. The third-order valence-electron chi connectivity index (χ3n) is 4.52. The first-order valence-electron chi connectivity index (χ1n) is 7.89. The lowest BCUT2D eigenvalue weighted by Gasteiger charge is -2.29. The minimum absolute atomic E-state index is 0.0972. The summed E-state index contributed by atoms with van der Waals surface area (Å²) in [6.45, 7) is 2.29. The van der Waals surface area contributed by atoms with Gasteiger partial charge in [0.1, 0.15) is 0 Å². The van der Waals surface area contributed by atoms with Crippen LogP contribution >= 0.6 is 0 Å². The van der Waals surface area contributed by atoms with Crippen LogP contribution in [0.2, 0.25) is 0 Å². The largest absolute Gasteiger partial charge is 0.382 e. The summed E-state index contributed by atoms with van der Waals surface area (Å²) in [5, 5.41) is 9.09. The fourth-order valence-corrected chi connectivity index (χ4v) is 3.26. The molecule has 2 unspecified atom stereocenters. The van der Waals surface area contributed by atoms with Gasteiger partial charge in [0.25, 0.3) is 5.56 Å². The van der Waals surface area contributed by atoms with E-state index >= 15 is 0 Å². The van der Waals surface area contributed by atoms with Gasteiger partial charge in [0.05, 0.1) is 5.69 Å². The average Bonchev–Trinajstić information content (AvgIpc) is 2.95. The molecule has 4 nitrogen and oxygen atoms in total. The normalized spacial score (nSPS) is 22.1. The summed E-state index contributed by atoms with van der Waals surface area (Å²) in [7, 11) is 0. The van der Waals surface area contributed by atoms with Gasteiger partial charge in [-0.3, -0.25) is 15.0 Å². The summed E-state index contributed by atoms with van der Waals surface area (Å²) in [5.41, 5.74) is 2.92. The zero-order valence-electron chi connectivity index (χ0n) is 12.5. The Morgan fingerprint density at radius 1 is 1.19 bits per heavy atom. The van der Waals surface area contributed by atoms with Gasteiger partial charge in [-0.1, -0.05) is 38.3 Å². The first kappa shape index (κ1) is 14.0. The predicted molar refractivity (Wildman–Crippen MR) is 86.5 cm³/mol. The Kier molecular flexibility index (Phi) is 4.13. The molecule has 21 heavy (non-hydrogen) atoms. The van der Waals surface area contributed by atoms with Crippen molar-refractivity contribution < 1.29 is 0 Å². The van der Waals surface area contributed by atoms with Gasteiger partial charge in [0.15, 0.2) is 0 Å². The molecule has 1 aliphatic rings. The molecule has 3 N–H and O–H groups in total. The second kappa shape index (κ2) is 6.20. The van der Waals surface area contributed by atoms with Gasteiger partial charge >= 0.3 is 0 Å². The molecule has 0 radical (unpaired) electrons. The van der Waals surface area contributed by atoms with Crippen molar-refractivity contribution >= 4 is 5.69 Å². The lowest BCUT2D eigenvalue weighted by molar-refractivity contribution is 0.327. The molecule has 0 aliphatic heterocycles. The Morgan fingerprint density at radius 2 is 2.00 bits per heavy atom. The van der Waals surface area contributed by atoms with E-state index in [1.807, 2.05) is 12.1 Å². The number of hydrogen-bond donors (Lipinski definition) is 3. The Hall–Kier alpha value is -1.97. The maximum Gasteiger partial charge on any atom is 0.264 e. The highest BCUT2D eigenvalue weighted by Gasteiger charge is 2.20. The number of hydrogen-bond acceptors (Lipinski definition) is 2. The van der Waals surface area contributed by atoms with Crippen LogP contribution < -0.4 is 10.9 Å². The van der Waals surface area contributed by atoms with Gasteiger partial charge in [0, 0.05) is 17.8 Å². The van der Waals surface area contributed by atoms with Crippen LogP contribution in [0.4, 0.5) is 5.69 Å². The Labute approximate surface area is 125 Å². The summed E-state index contributed by atoms with van der Waals surface area (Å²) in [5.74, 6) is 0.875. The molecule has 2 atom stereocenters. The molecule has 0 spiro atoms. The number of benzene rings is 1. The molecular formula is C17H23N3O. The number of aromatic nitrogens is 2. The van der Waals surface area contributed by atoms with E-state index in [4.69, 9.17) is 0 Å². The molecule has 1 aromatic heterocycles. The second-order valence-electron chi connectivity index (χ2n) is 6.03. The molecule has 112 valence electrons. The van der Waals surface area contributed by atoms with Gasteiger partial charge < -0.3 is 5.32 Å². The number of aromatic amines is 2. The van der Waals surface area contributed by atoms with Crippen LogP contribution in [0.3, 0.4) is 0 Å². The van der Waals surface area contributed by atoms with Crippen LogP contribution in [0, 0.1) is 5.92 Å². The SMILES string of the molecule is CCC1CCCC(Nc2ccc(-c3cc(=O)[nH][nH]3)cc2)C1. The minimum atomic E-state index is -0.0972. The number of nitrogens with one attached hydrogen (secondary N) is 3. The van der Waals surface area contributed by atoms with Crippen LogP contribution in [0.25, 0.3) is 11.3 Å². The monoisotopic (exact) mass is 285 g/mol. The average molecular weight is 285 g/mol. The summed E-state index contributed by atoms with van der Waals surface area (Å²) >= 11 is 0. The van der Waals surface area contributed by atoms with Crippen molar-refractivity contribution in [1.82, 2.24) is 10.2 Å². The number of H-pyrrole nitrogens is 2. The predicted octanol–water partition coefficient (Wildman–Crippen LogP) is 3.75. The molecule has 0 bridgehead atoms. The topological polar surface area (TPSA) is 60.7 Å².